The summed E-state index contributed by atoms with van der Waals surface area (Å²) in [7, 11) is 0. The first-order chi connectivity index (χ1) is 12.1. The zero-order valence-electron chi connectivity index (χ0n) is 14.7. The van der Waals surface area contributed by atoms with Crippen LogP contribution in [0.2, 0.25) is 0 Å². The Bertz CT molecular complexity index is 609. The number of carboxylic acid groups (broad SMARTS) is 1. The van der Waals surface area contributed by atoms with E-state index in [0.717, 1.165) is 32.1 Å². The molecule has 3 rings (SSSR count). The molecule has 1 aromatic carbocycles. The first kappa shape index (κ1) is 17.9. The highest BCUT2D eigenvalue weighted by atomic mass is 16.5. The van der Waals surface area contributed by atoms with Gasteiger partial charge in [0.1, 0.15) is 0 Å². The Kier molecular flexibility index (Phi) is 6.08. The van der Waals surface area contributed by atoms with Gasteiger partial charge in [0, 0.05) is 32.2 Å². The Hall–Kier alpha value is -1.88. The minimum atomic E-state index is -0.854. The average Bonchev–Trinajstić information content (AvgIpc) is 2.63. The van der Waals surface area contributed by atoms with E-state index in [-0.39, 0.29) is 24.3 Å². The third-order valence-electron chi connectivity index (χ3n) is 5.43. The largest absolute Gasteiger partial charge is 0.481 e. The molecule has 5 nitrogen and oxygen atoms in total. The minimum Gasteiger partial charge on any atom is -0.481 e. The molecular formula is C20H27NO4. The number of carbonyl (C=O) groups excluding carboxylic acids is 1. The first-order valence-electron chi connectivity index (χ1n) is 9.32. The molecular weight excluding hydrogens is 318 g/mol. The predicted molar refractivity (Wildman–Crippen MR) is 94.5 cm³/mol. The summed E-state index contributed by atoms with van der Waals surface area (Å²) in [5.41, 5.74) is 2.65. The minimum absolute atomic E-state index is 0.00432. The van der Waals surface area contributed by atoms with E-state index in [1.165, 1.54) is 11.1 Å². The molecule has 1 heterocycles. The Morgan fingerprint density at radius 3 is 2.68 bits per heavy atom. The molecule has 0 radical (unpaired) electrons. The molecule has 1 aliphatic heterocycles. The molecule has 2 aliphatic rings. The maximum absolute atomic E-state index is 13.0. The van der Waals surface area contributed by atoms with Crippen LogP contribution in [-0.4, -0.2) is 47.7 Å². The normalized spacial score (nSPS) is 20.7. The van der Waals surface area contributed by atoms with E-state index in [9.17, 15) is 9.59 Å². The number of aryl methyl sites for hydroxylation is 1. The van der Waals surface area contributed by atoms with Crippen LogP contribution in [0.4, 0.5) is 0 Å². The van der Waals surface area contributed by atoms with Crippen molar-refractivity contribution in [3.8, 4) is 0 Å². The number of ether oxygens (including phenoxy) is 1. The maximum Gasteiger partial charge on any atom is 0.305 e. The number of nitrogens with zero attached hydrogens (tertiary/aromatic N) is 1. The summed E-state index contributed by atoms with van der Waals surface area (Å²) in [6.07, 6.45) is 5.31. The summed E-state index contributed by atoms with van der Waals surface area (Å²) in [5.74, 6) is -0.507. The third kappa shape index (κ3) is 4.60. The maximum atomic E-state index is 13.0. The topological polar surface area (TPSA) is 66.8 Å². The average molecular weight is 345 g/mol. The molecule has 1 N–H and O–H groups in total. The van der Waals surface area contributed by atoms with Gasteiger partial charge in [0.15, 0.2) is 0 Å². The van der Waals surface area contributed by atoms with Crippen LogP contribution in [0.15, 0.2) is 24.3 Å². The molecule has 0 aromatic heterocycles. The van der Waals surface area contributed by atoms with Crippen molar-refractivity contribution < 1.29 is 19.4 Å². The molecule has 1 fully saturated rings. The van der Waals surface area contributed by atoms with Gasteiger partial charge < -0.3 is 14.7 Å². The van der Waals surface area contributed by atoms with E-state index < -0.39 is 5.97 Å². The SMILES string of the molecule is O=C(O)CCN(C(=O)C[C@@H]1CCCc2ccccc21)C1CCOCC1. The summed E-state index contributed by atoms with van der Waals surface area (Å²) >= 11 is 0. The molecule has 1 aliphatic carbocycles. The van der Waals surface area contributed by atoms with Gasteiger partial charge in [0.2, 0.25) is 5.91 Å². The van der Waals surface area contributed by atoms with Crippen molar-refractivity contribution >= 4 is 11.9 Å². The fourth-order valence-corrected chi connectivity index (χ4v) is 4.12. The number of aliphatic carboxylic acids is 1. The van der Waals surface area contributed by atoms with Crippen LogP contribution < -0.4 is 0 Å². The van der Waals surface area contributed by atoms with Gasteiger partial charge in [-0.05, 0) is 49.1 Å². The summed E-state index contributed by atoms with van der Waals surface area (Å²) in [5, 5.41) is 9.03. The predicted octanol–water partition coefficient (Wildman–Crippen LogP) is 2.98. The van der Waals surface area contributed by atoms with Gasteiger partial charge in [0.25, 0.3) is 0 Å². The van der Waals surface area contributed by atoms with E-state index in [1.807, 2.05) is 11.0 Å². The number of benzene rings is 1. The lowest BCUT2D eigenvalue weighted by molar-refractivity contribution is -0.140. The number of amides is 1. The second-order valence-corrected chi connectivity index (χ2v) is 7.07. The number of rotatable bonds is 6. The monoisotopic (exact) mass is 345 g/mol. The summed E-state index contributed by atoms with van der Waals surface area (Å²) in [6.45, 7) is 1.59. The lowest BCUT2D eigenvalue weighted by Gasteiger charge is -2.35. The molecule has 0 unspecified atom stereocenters. The van der Waals surface area contributed by atoms with Gasteiger partial charge in [-0.2, -0.15) is 0 Å². The highest BCUT2D eigenvalue weighted by Crippen LogP contribution is 2.34. The zero-order valence-corrected chi connectivity index (χ0v) is 14.7. The van der Waals surface area contributed by atoms with E-state index in [2.05, 4.69) is 18.2 Å². The standard InChI is InChI=1S/C20H27NO4/c22-19(14-16-6-3-5-15-4-1-2-7-18(15)16)21(11-8-20(23)24)17-9-12-25-13-10-17/h1-2,4,7,16-17H,3,5-6,8-14H2,(H,23,24)/t16-/m0/s1. The van der Waals surface area contributed by atoms with Gasteiger partial charge in [-0.15, -0.1) is 0 Å². The fraction of sp³-hybridized carbons (Fsp3) is 0.600. The number of hydrogen-bond donors (Lipinski definition) is 1. The number of fused-ring (bicyclic) bond motifs is 1. The molecule has 136 valence electrons. The molecule has 1 saturated heterocycles. The Morgan fingerprint density at radius 1 is 1.16 bits per heavy atom. The van der Waals surface area contributed by atoms with E-state index >= 15 is 0 Å². The van der Waals surface area contributed by atoms with Crippen LogP contribution in [0.25, 0.3) is 0 Å². The van der Waals surface area contributed by atoms with Gasteiger partial charge in [-0.3, -0.25) is 9.59 Å². The van der Waals surface area contributed by atoms with Crippen molar-refractivity contribution in [1.82, 2.24) is 4.90 Å². The van der Waals surface area contributed by atoms with Gasteiger partial charge >= 0.3 is 5.97 Å². The molecule has 1 atom stereocenters. The molecule has 0 saturated carbocycles. The van der Waals surface area contributed by atoms with Gasteiger partial charge in [-0.25, -0.2) is 0 Å². The first-order valence-corrected chi connectivity index (χ1v) is 9.32. The molecule has 0 bridgehead atoms. The highest BCUT2D eigenvalue weighted by Gasteiger charge is 2.29. The van der Waals surface area contributed by atoms with Crippen LogP contribution in [0.5, 0.6) is 0 Å². The van der Waals surface area contributed by atoms with Crippen LogP contribution in [0, 0.1) is 0 Å². The van der Waals surface area contributed by atoms with E-state index in [0.29, 0.717) is 26.2 Å². The molecule has 1 amide bonds. The number of carbonyl (C=O) groups is 2. The Balaban J connectivity index is 1.70. The number of hydrogen-bond acceptors (Lipinski definition) is 3. The van der Waals surface area contributed by atoms with E-state index in [4.69, 9.17) is 9.84 Å². The second kappa shape index (κ2) is 8.48. The zero-order chi connectivity index (χ0) is 17.6. The summed E-state index contributed by atoms with van der Waals surface area (Å²) in [6, 6.07) is 8.51. The van der Waals surface area contributed by atoms with Crippen molar-refractivity contribution in [2.24, 2.45) is 0 Å². The van der Waals surface area contributed by atoms with Crippen molar-refractivity contribution in [3.63, 3.8) is 0 Å². The number of carboxylic acids is 1. The molecule has 25 heavy (non-hydrogen) atoms. The molecule has 5 heteroatoms. The quantitative estimate of drug-likeness (QED) is 0.861. The smallest absolute Gasteiger partial charge is 0.305 e. The van der Waals surface area contributed by atoms with Gasteiger partial charge in [0.05, 0.1) is 6.42 Å². The third-order valence-corrected chi connectivity index (χ3v) is 5.43. The Labute approximate surface area is 149 Å². The lowest BCUT2D eigenvalue weighted by atomic mass is 9.81. The van der Waals surface area contributed by atoms with Crippen LogP contribution in [0.1, 0.15) is 55.6 Å². The summed E-state index contributed by atoms with van der Waals surface area (Å²) < 4.78 is 5.40. The molecule has 1 aromatic rings. The molecule has 0 spiro atoms. The second-order valence-electron chi connectivity index (χ2n) is 7.07. The van der Waals surface area contributed by atoms with Gasteiger partial charge in [-0.1, -0.05) is 24.3 Å². The van der Waals surface area contributed by atoms with E-state index in [1.54, 1.807) is 0 Å². The van der Waals surface area contributed by atoms with Crippen molar-refractivity contribution in [2.45, 2.75) is 56.9 Å². The highest BCUT2D eigenvalue weighted by molar-refractivity contribution is 5.78. The van der Waals surface area contributed by atoms with Crippen LogP contribution in [-0.2, 0) is 20.7 Å². The van der Waals surface area contributed by atoms with Crippen LogP contribution >= 0.6 is 0 Å². The Morgan fingerprint density at radius 2 is 1.92 bits per heavy atom. The van der Waals surface area contributed by atoms with Crippen LogP contribution in [0.3, 0.4) is 0 Å². The lowest BCUT2D eigenvalue weighted by Crippen LogP contribution is -2.45. The van der Waals surface area contributed by atoms with Crippen molar-refractivity contribution in [3.05, 3.63) is 35.4 Å². The van der Waals surface area contributed by atoms with Crippen molar-refractivity contribution in [1.29, 1.82) is 0 Å². The summed E-state index contributed by atoms with van der Waals surface area (Å²) in [4.78, 5) is 25.8. The van der Waals surface area contributed by atoms with Crippen molar-refractivity contribution in [2.75, 3.05) is 19.8 Å². The fourth-order valence-electron chi connectivity index (χ4n) is 4.12.